The normalized spacial score (nSPS) is 19.4. The fraction of sp³-hybridized carbons (Fsp3) is 0.250. The average molecular weight is 289 g/mol. The van der Waals surface area contributed by atoms with Crippen molar-refractivity contribution in [1.82, 2.24) is 5.43 Å². The van der Waals surface area contributed by atoms with Gasteiger partial charge in [0.25, 0.3) is 0 Å². The zero-order chi connectivity index (χ0) is 13.9. The van der Waals surface area contributed by atoms with Gasteiger partial charge in [0.15, 0.2) is 0 Å². The number of hydrazine groups is 1. The molecule has 20 heavy (non-hydrogen) atoms. The van der Waals surface area contributed by atoms with Crippen molar-refractivity contribution in [3.63, 3.8) is 0 Å². The van der Waals surface area contributed by atoms with E-state index in [1.54, 1.807) is 0 Å². The van der Waals surface area contributed by atoms with Crippen LogP contribution in [0.4, 0.5) is 0 Å². The summed E-state index contributed by atoms with van der Waals surface area (Å²) in [5.74, 6) is 5.77. The summed E-state index contributed by atoms with van der Waals surface area (Å²) in [7, 11) is 0. The van der Waals surface area contributed by atoms with Crippen LogP contribution < -0.4 is 11.3 Å². The third kappa shape index (κ3) is 2.58. The van der Waals surface area contributed by atoms with Gasteiger partial charge >= 0.3 is 0 Å². The molecular formula is C16H17ClN2O. The Morgan fingerprint density at radius 2 is 1.90 bits per heavy atom. The first-order chi connectivity index (χ1) is 9.79. The zero-order valence-corrected chi connectivity index (χ0v) is 11.8. The van der Waals surface area contributed by atoms with Crippen LogP contribution >= 0.6 is 11.6 Å². The lowest BCUT2D eigenvalue weighted by Crippen LogP contribution is -2.35. The van der Waals surface area contributed by atoms with Gasteiger partial charge in [-0.25, -0.2) is 0 Å². The number of fused-ring (bicyclic) bond motifs is 1. The highest BCUT2D eigenvalue weighted by Crippen LogP contribution is 2.36. The SMILES string of the molecule is NNC(c1ccc(Cl)cc1)C1OCCc2ccccc21. The molecule has 104 valence electrons. The predicted octanol–water partition coefficient (Wildman–Crippen LogP) is 3.16. The Morgan fingerprint density at radius 3 is 2.65 bits per heavy atom. The predicted molar refractivity (Wildman–Crippen MR) is 80.4 cm³/mol. The van der Waals surface area contributed by atoms with Crippen LogP contribution in [0, 0.1) is 0 Å². The highest BCUT2D eigenvalue weighted by molar-refractivity contribution is 6.30. The van der Waals surface area contributed by atoms with Crippen molar-refractivity contribution in [1.29, 1.82) is 0 Å². The molecule has 0 fully saturated rings. The number of halogens is 1. The Labute approximate surface area is 123 Å². The van der Waals surface area contributed by atoms with Crippen LogP contribution in [0.2, 0.25) is 5.02 Å². The van der Waals surface area contributed by atoms with Crippen LogP contribution in [0.15, 0.2) is 48.5 Å². The summed E-state index contributed by atoms with van der Waals surface area (Å²) in [5.41, 5.74) is 6.49. The van der Waals surface area contributed by atoms with Crippen molar-refractivity contribution < 1.29 is 4.74 Å². The highest BCUT2D eigenvalue weighted by atomic mass is 35.5. The molecule has 0 saturated heterocycles. The molecule has 1 aliphatic rings. The standard InChI is InChI=1S/C16H17ClN2O/c17-13-7-5-12(6-8-13)15(19-18)16-14-4-2-1-3-11(14)9-10-20-16/h1-8,15-16,19H,9-10,18H2. The van der Waals surface area contributed by atoms with Gasteiger partial charge in [-0.1, -0.05) is 48.0 Å². The summed E-state index contributed by atoms with van der Waals surface area (Å²) in [6, 6.07) is 16.0. The Bertz CT molecular complexity index is 585. The van der Waals surface area contributed by atoms with Gasteiger partial charge in [-0.2, -0.15) is 0 Å². The van der Waals surface area contributed by atoms with Gasteiger partial charge < -0.3 is 4.74 Å². The lowest BCUT2D eigenvalue weighted by molar-refractivity contribution is 0.0147. The summed E-state index contributed by atoms with van der Waals surface area (Å²) in [6.07, 6.45) is 0.871. The van der Waals surface area contributed by atoms with Crippen molar-refractivity contribution in [2.45, 2.75) is 18.6 Å². The molecule has 0 radical (unpaired) electrons. The van der Waals surface area contributed by atoms with Gasteiger partial charge in [0.05, 0.1) is 12.6 Å². The van der Waals surface area contributed by atoms with E-state index >= 15 is 0 Å². The molecule has 2 aromatic carbocycles. The quantitative estimate of drug-likeness (QED) is 0.674. The van der Waals surface area contributed by atoms with Gasteiger partial charge in [-0.3, -0.25) is 11.3 Å². The van der Waals surface area contributed by atoms with Gasteiger partial charge in [-0.15, -0.1) is 0 Å². The molecule has 2 unspecified atom stereocenters. The van der Waals surface area contributed by atoms with Gasteiger partial charge in [0, 0.05) is 5.02 Å². The number of hydrogen-bond donors (Lipinski definition) is 2. The van der Waals surface area contributed by atoms with Crippen LogP contribution in [0.5, 0.6) is 0 Å². The average Bonchev–Trinajstić information content (AvgIpc) is 2.50. The molecule has 1 aliphatic heterocycles. The monoisotopic (exact) mass is 288 g/mol. The number of nitrogens with one attached hydrogen (secondary N) is 1. The summed E-state index contributed by atoms with van der Waals surface area (Å²) in [5, 5.41) is 0.717. The second-order valence-electron chi connectivity index (χ2n) is 4.94. The molecule has 0 aromatic heterocycles. The zero-order valence-electron chi connectivity index (χ0n) is 11.1. The smallest absolute Gasteiger partial charge is 0.103 e. The van der Waals surface area contributed by atoms with Crippen LogP contribution in [0.25, 0.3) is 0 Å². The van der Waals surface area contributed by atoms with Crippen LogP contribution in [-0.4, -0.2) is 6.61 Å². The second kappa shape index (κ2) is 5.94. The van der Waals surface area contributed by atoms with Crippen molar-refractivity contribution in [2.75, 3.05) is 6.61 Å². The van der Waals surface area contributed by atoms with E-state index in [1.807, 2.05) is 30.3 Å². The number of ether oxygens (including phenoxy) is 1. The second-order valence-corrected chi connectivity index (χ2v) is 5.37. The molecule has 0 aliphatic carbocycles. The molecule has 4 heteroatoms. The van der Waals surface area contributed by atoms with E-state index in [4.69, 9.17) is 22.2 Å². The number of benzene rings is 2. The molecule has 0 saturated carbocycles. The third-order valence-corrected chi connectivity index (χ3v) is 3.99. The number of nitrogens with two attached hydrogens (primary N) is 1. The molecule has 2 atom stereocenters. The maximum absolute atomic E-state index is 5.97. The molecule has 0 bridgehead atoms. The van der Waals surface area contributed by atoms with Crippen molar-refractivity contribution in [2.24, 2.45) is 5.84 Å². The van der Waals surface area contributed by atoms with E-state index in [-0.39, 0.29) is 12.1 Å². The molecule has 0 spiro atoms. The largest absolute Gasteiger partial charge is 0.371 e. The molecule has 2 aromatic rings. The van der Waals surface area contributed by atoms with Gasteiger partial charge in [0.1, 0.15) is 6.10 Å². The minimum Gasteiger partial charge on any atom is -0.371 e. The molecule has 1 heterocycles. The Hall–Kier alpha value is -1.39. The fourth-order valence-corrected chi connectivity index (χ4v) is 2.86. The van der Waals surface area contributed by atoms with Crippen LogP contribution in [0.1, 0.15) is 28.8 Å². The molecule has 3 rings (SSSR count). The number of hydrogen-bond acceptors (Lipinski definition) is 3. The molecule has 0 amide bonds. The molecular weight excluding hydrogens is 272 g/mol. The van der Waals surface area contributed by atoms with Crippen LogP contribution in [0.3, 0.4) is 0 Å². The van der Waals surface area contributed by atoms with Crippen LogP contribution in [-0.2, 0) is 11.2 Å². The fourth-order valence-electron chi connectivity index (χ4n) is 2.73. The minimum atomic E-state index is -0.0892. The van der Waals surface area contributed by atoms with E-state index in [2.05, 4.69) is 23.6 Å². The summed E-state index contributed by atoms with van der Waals surface area (Å²) in [4.78, 5) is 0. The number of rotatable bonds is 3. The summed E-state index contributed by atoms with van der Waals surface area (Å²) in [6.45, 7) is 0.716. The maximum atomic E-state index is 5.97. The lowest BCUT2D eigenvalue weighted by atomic mass is 9.90. The van der Waals surface area contributed by atoms with Gasteiger partial charge in [0.2, 0.25) is 0 Å². The van der Waals surface area contributed by atoms with Crippen molar-refractivity contribution in [3.8, 4) is 0 Å². The molecule has 3 N–H and O–H groups in total. The van der Waals surface area contributed by atoms with E-state index in [1.165, 1.54) is 11.1 Å². The minimum absolute atomic E-state index is 0.0777. The third-order valence-electron chi connectivity index (χ3n) is 3.74. The van der Waals surface area contributed by atoms with E-state index < -0.39 is 0 Å². The van der Waals surface area contributed by atoms with E-state index in [9.17, 15) is 0 Å². The highest BCUT2D eigenvalue weighted by Gasteiger charge is 2.29. The first-order valence-corrected chi connectivity index (χ1v) is 7.08. The molecule has 3 nitrogen and oxygen atoms in total. The summed E-state index contributed by atoms with van der Waals surface area (Å²) < 4.78 is 5.97. The Morgan fingerprint density at radius 1 is 1.15 bits per heavy atom. The van der Waals surface area contributed by atoms with Crippen molar-refractivity contribution in [3.05, 3.63) is 70.2 Å². The van der Waals surface area contributed by atoms with Gasteiger partial charge in [-0.05, 0) is 35.2 Å². The first-order valence-electron chi connectivity index (χ1n) is 6.70. The first kappa shape index (κ1) is 13.6. The Balaban J connectivity index is 1.96. The van der Waals surface area contributed by atoms with E-state index in [0.717, 1.165) is 17.0 Å². The summed E-state index contributed by atoms with van der Waals surface area (Å²) >= 11 is 5.94. The topological polar surface area (TPSA) is 47.3 Å². The lowest BCUT2D eigenvalue weighted by Gasteiger charge is -2.32. The maximum Gasteiger partial charge on any atom is 0.103 e. The van der Waals surface area contributed by atoms with E-state index in [0.29, 0.717) is 6.61 Å². The Kier molecular flexibility index (Phi) is 4.03. The van der Waals surface area contributed by atoms with Crippen molar-refractivity contribution >= 4 is 11.6 Å².